The Morgan fingerprint density at radius 3 is 2.89 bits per heavy atom. The van der Waals surface area contributed by atoms with Gasteiger partial charge in [-0.25, -0.2) is 8.42 Å². The fourth-order valence-electron chi connectivity index (χ4n) is 1.35. The molecular formula is C9H11N5O3S2. The van der Waals surface area contributed by atoms with Crippen molar-refractivity contribution in [3.63, 3.8) is 0 Å². The second-order valence-corrected chi connectivity index (χ2v) is 5.80. The lowest BCUT2D eigenvalue weighted by Crippen LogP contribution is -2.14. The first-order valence-corrected chi connectivity index (χ1v) is 7.49. The van der Waals surface area contributed by atoms with Gasteiger partial charge in [-0.2, -0.15) is 0 Å². The quantitative estimate of drug-likeness (QED) is 0.780. The fraction of sp³-hybridized carbons (Fsp3) is 0.222. The fourth-order valence-corrected chi connectivity index (χ4v) is 3.12. The summed E-state index contributed by atoms with van der Waals surface area (Å²) in [5, 5.41) is 6.91. The molecule has 1 aromatic heterocycles. The number of benzene rings is 1. The standard InChI is InChI=1S/C9H11N5O3S2/c1-2-17-7-4-3-6(10)5-8(7)19(15,16)12-9-11-13-14-18-9/h3-5H,2,10H2,1H3,(H,11,12,14). The van der Waals surface area contributed by atoms with Gasteiger partial charge in [0.15, 0.2) is 0 Å². The third kappa shape index (κ3) is 3.09. The van der Waals surface area contributed by atoms with E-state index in [1.54, 1.807) is 13.0 Å². The van der Waals surface area contributed by atoms with Gasteiger partial charge >= 0.3 is 0 Å². The van der Waals surface area contributed by atoms with Gasteiger partial charge in [-0.15, -0.1) is 0 Å². The molecule has 1 heterocycles. The van der Waals surface area contributed by atoms with Crippen molar-refractivity contribution in [2.75, 3.05) is 17.1 Å². The minimum Gasteiger partial charge on any atom is -0.492 e. The van der Waals surface area contributed by atoms with Crippen LogP contribution in [0.3, 0.4) is 0 Å². The van der Waals surface area contributed by atoms with Crippen molar-refractivity contribution in [1.82, 2.24) is 14.8 Å². The Morgan fingerprint density at radius 2 is 2.26 bits per heavy atom. The largest absolute Gasteiger partial charge is 0.492 e. The van der Waals surface area contributed by atoms with Gasteiger partial charge < -0.3 is 10.5 Å². The molecule has 102 valence electrons. The number of aromatic nitrogens is 3. The number of nitrogens with zero attached hydrogens (tertiary/aromatic N) is 3. The molecule has 8 nitrogen and oxygen atoms in total. The van der Waals surface area contributed by atoms with Crippen LogP contribution in [-0.2, 0) is 10.0 Å². The molecule has 0 unspecified atom stereocenters. The summed E-state index contributed by atoms with van der Waals surface area (Å²) in [7, 11) is -3.85. The van der Waals surface area contributed by atoms with E-state index in [-0.39, 0.29) is 15.8 Å². The van der Waals surface area contributed by atoms with Gasteiger partial charge in [0.25, 0.3) is 10.0 Å². The van der Waals surface area contributed by atoms with Crippen LogP contribution in [-0.4, -0.2) is 29.8 Å². The molecule has 0 spiro atoms. The summed E-state index contributed by atoms with van der Waals surface area (Å²) in [6.07, 6.45) is 0. The number of sulfonamides is 1. The van der Waals surface area contributed by atoms with Crippen LogP contribution < -0.4 is 15.2 Å². The van der Waals surface area contributed by atoms with Crippen LogP contribution >= 0.6 is 11.5 Å². The average molecular weight is 301 g/mol. The molecule has 10 heteroatoms. The first-order valence-electron chi connectivity index (χ1n) is 5.23. The van der Waals surface area contributed by atoms with E-state index in [1.165, 1.54) is 12.1 Å². The highest BCUT2D eigenvalue weighted by molar-refractivity contribution is 7.93. The van der Waals surface area contributed by atoms with Gasteiger partial charge in [-0.1, -0.05) is 9.59 Å². The highest BCUT2D eigenvalue weighted by atomic mass is 32.2. The lowest BCUT2D eigenvalue weighted by Gasteiger charge is -2.11. The Balaban J connectivity index is 2.41. The van der Waals surface area contributed by atoms with Crippen molar-refractivity contribution in [3.05, 3.63) is 18.2 Å². The van der Waals surface area contributed by atoms with Crippen LogP contribution in [0, 0.1) is 0 Å². The Kier molecular flexibility index (Phi) is 3.81. The molecule has 3 N–H and O–H groups in total. The zero-order valence-electron chi connectivity index (χ0n) is 9.90. The molecule has 0 saturated heterocycles. The van der Waals surface area contributed by atoms with E-state index in [9.17, 15) is 8.42 Å². The van der Waals surface area contributed by atoms with Crippen molar-refractivity contribution >= 4 is 32.4 Å². The number of nitrogens with one attached hydrogen (secondary N) is 1. The molecule has 0 aliphatic heterocycles. The summed E-state index contributed by atoms with van der Waals surface area (Å²) in [6.45, 7) is 2.10. The van der Waals surface area contributed by atoms with Gasteiger partial charge in [0.2, 0.25) is 5.13 Å². The zero-order valence-corrected chi connectivity index (χ0v) is 11.5. The molecule has 0 bridgehead atoms. The Labute approximate surface area is 113 Å². The first-order chi connectivity index (χ1) is 9.03. The van der Waals surface area contributed by atoms with Crippen molar-refractivity contribution < 1.29 is 13.2 Å². The topological polar surface area (TPSA) is 120 Å². The van der Waals surface area contributed by atoms with E-state index in [2.05, 4.69) is 19.5 Å². The number of nitrogen functional groups attached to an aromatic ring is 1. The van der Waals surface area contributed by atoms with Crippen LogP contribution in [0.15, 0.2) is 23.1 Å². The third-order valence-electron chi connectivity index (χ3n) is 2.08. The number of hydrogen-bond acceptors (Lipinski definition) is 8. The minimum absolute atomic E-state index is 0.0513. The third-order valence-corrected chi connectivity index (χ3v) is 4.08. The molecule has 19 heavy (non-hydrogen) atoms. The van der Waals surface area contributed by atoms with Crippen molar-refractivity contribution in [1.29, 1.82) is 0 Å². The van der Waals surface area contributed by atoms with E-state index in [1.807, 2.05) is 0 Å². The predicted octanol–water partition coefficient (Wildman–Crippen LogP) is 0.715. The highest BCUT2D eigenvalue weighted by Gasteiger charge is 2.21. The Hall–Kier alpha value is -1.94. The summed E-state index contributed by atoms with van der Waals surface area (Å²) >= 11 is 0.833. The lowest BCUT2D eigenvalue weighted by atomic mass is 10.3. The lowest BCUT2D eigenvalue weighted by molar-refractivity contribution is 0.331. The molecule has 0 radical (unpaired) electrons. The maximum atomic E-state index is 12.2. The minimum atomic E-state index is -3.85. The van der Waals surface area contributed by atoms with Crippen LogP contribution in [0.25, 0.3) is 0 Å². The number of nitrogens with two attached hydrogens (primary N) is 1. The molecule has 2 rings (SSSR count). The molecule has 0 atom stereocenters. The monoisotopic (exact) mass is 301 g/mol. The van der Waals surface area contributed by atoms with Crippen molar-refractivity contribution in [2.45, 2.75) is 11.8 Å². The van der Waals surface area contributed by atoms with Gasteiger partial charge in [0.05, 0.1) is 6.61 Å². The Morgan fingerprint density at radius 1 is 1.47 bits per heavy atom. The van der Waals surface area contributed by atoms with Crippen LogP contribution in [0.5, 0.6) is 5.75 Å². The van der Waals surface area contributed by atoms with E-state index in [0.29, 0.717) is 12.3 Å². The summed E-state index contributed by atoms with van der Waals surface area (Å²) in [6, 6.07) is 4.39. The smallest absolute Gasteiger partial charge is 0.267 e. The molecule has 0 aliphatic carbocycles. The number of ether oxygens (including phenoxy) is 1. The van der Waals surface area contributed by atoms with Crippen molar-refractivity contribution in [2.24, 2.45) is 0 Å². The van der Waals surface area contributed by atoms with Crippen LogP contribution in [0.2, 0.25) is 0 Å². The Bertz CT molecular complexity index is 656. The second-order valence-electron chi connectivity index (χ2n) is 3.41. The first kappa shape index (κ1) is 13.5. The van der Waals surface area contributed by atoms with E-state index in [0.717, 1.165) is 11.5 Å². The normalized spacial score (nSPS) is 11.2. The maximum Gasteiger partial charge on any atom is 0.267 e. The SMILES string of the molecule is CCOc1ccc(N)cc1S(=O)(=O)Nc1nnns1. The number of rotatable bonds is 5. The number of anilines is 2. The van der Waals surface area contributed by atoms with Crippen molar-refractivity contribution in [3.8, 4) is 5.75 Å². The van der Waals surface area contributed by atoms with Gasteiger partial charge in [0.1, 0.15) is 10.6 Å². The molecule has 0 fully saturated rings. The summed E-state index contributed by atoms with van der Waals surface area (Å²) < 4.78 is 35.4. The molecule has 2 aromatic rings. The van der Waals surface area contributed by atoms with E-state index in [4.69, 9.17) is 10.5 Å². The maximum absolute atomic E-state index is 12.2. The van der Waals surface area contributed by atoms with Gasteiger partial charge in [-0.3, -0.25) is 4.72 Å². The highest BCUT2D eigenvalue weighted by Crippen LogP contribution is 2.28. The van der Waals surface area contributed by atoms with E-state index >= 15 is 0 Å². The second kappa shape index (κ2) is 5.36. The predicted molar refractivity (Wildman–Crippen MR) is 70.5 cm³/mol. The summed E-state index contributed by atoms with van der Waals surface area (Å²) in [5.74, 6) is 0.224. The van der Waals surface area contributed by atoms with Crippen LogP contribution in [0.1, 0.15) is 6.92 Å². The molecule has 0 amide bonds. The zero-order chi connectivity index (χ0) is 13.9. The van der Waals surface area contributed by atoms with Crippen LogP contribution in [0.4, 0.5) is 10.8 Å². The summed E-state index contributed by atoms with van der Waals surface area (Å²) in [4.78, 5) is -0.0513. The van der Waals surface area contributed by atoms with Gasteiger partial charge in [0, 0.05) is 17.2 Å². The summed E-state index contributed by atoms with van der Waals surface area (Å²) in [5.41, 5.74) is 5.93. The van der Waals surface area contributed by atoms with Gasteiger partial charge in [-0.05, 0) is 30.3 Å². The average Bonchev–Trinajstić information content (AvgIpc) is 2.83. The molecule has 1 aromatic carbocycles. The van der Waals surface area contributed by atoms with E-state index < -0.39 is 10.0 Å². The molecular weight excluding hydrogens is 290 g/mol. The number of hydrogen-bond donors (Lipinski definition) is 2. The molecule has 0 saturated carbocycles. The molecule has 0 aliphatic rings.